The van der Waals surface area contributed by atoms with E-state index in [1.807, 2.05) is 35.8 Å². The van der Waals surface area contributed by atoms with Gasteiger partial charge in [-0.15, -0.1) is 0 Å². The molecule has 1 N–H and O–H groups in total. The number of halogens is 1. The number of imide groups is 2. The molecule has 5 rings (SSSR count). The SMILES string of the molecule is Cc1ccc(N2C(=O)NC(=O)/C(=C/c3cn(Cc4ccccc4F)c4ccccc34)C2=O)cc1. The average Bonchev–Trinajstić information content (AvgIpc) is 3.16. The number of rotatable bonds is 4. The molecule has 0 saturated carbocycles. The molecule has 1 aliphatic rings. The van der Waals surface area contributed by atoms with Crippen LogP contribution in [0, 0.1) is 12.7 Å². The number of nitrogens with zero attached hydrogens (tertiary/aromatic N) is 2. The first-order valence-corrected chi connectivity index (χ1v) is 10.7. The summed E-state index contributed by atoms with van der Waals surface area (Å²) in [6.07, 6.45) is 3.25. The Kier molecular flexibility index (Phi) is 5.30. The van der Waals surface area contributed by atoms with Crippen LogP contribution in [0.4, 0.5) is 14.9 Å². The van der Waals surface area contributed by atoms with Crippen molar-refractivity contribution in [3.8, 4) is 0 Å². The number of hydrogen-bond acceptors (Lipinski definition) is 3. The zero-order chi connectivity index (χ0) is 23.8. The minimum absolute atomic E-state index is 0.158. The number of carbonyl (C=O) groups excluding carboxylic acids is 3. The summed E-state index contributed by atoms with van der Waals surface area (Å²) in [5, 5.41) is 3.04. The zero-order valence-electron chi connectivity index (χ0n) is 18.3. The molecule has 3 aromatic carbocycles. The second-order valence-electron chi connectivity index (χ2n) is 8.11. The van der Waals surface area contributed by atoms with Gasteiger partial charge in [0.05, 0.1) is 12.2 Å². The second kappa shape index (κ2) is 8.44. The molecular formula is C27H20FN3O3. The van der Waals surface area contributed by atoms with Crippen LogP contribution in [0.2, 0.25) is 0 Å². The highest BCUT2D eigenvalue weighted by molar-refractivity contribution is 6.39. The lowest BCUT2D eigenvalue weighted by atomic mass is 10.1. The van der Waals surface area contributed by atoms with E-state index in [1.54, 1.807) is 48.7 Å². The van der Waals surface area contributed by atoms with Crippen molar-refractivity contribution >= 4 is 40.5 Å². The Bertz CT molecular complexity index is 1480. The number of para-hydroxylation sites is 1. The summed E-state index contributed by atoms with van der Waals surface area (Å²) in [6.45, 7) is 2.18. The molecule has 1 aromatic heterocycles. The number of nitrogens with one attached hydrogen (secondary N) is 1. The van der Waals surface area contributed by atoms with Gasteiger partial charge in [0.1, 0.15) is 11.4 Å². The fourth-order valence-electron chi connectivity index (χ4n) is 4.07. The van der Waals surface area contributed by atoms with E-state index < -0.39 is 17.8 Å². The van der Waals surface area contributed by atoms with E-state index in [2.05, 4.69) is 5.32 Å². The van der Waals surface area contributed by atoms with Gasteiger partial charge < -0.3 is 4.57 Å². The van der Waals surface area contributed by atoms with E-state index in [1.165, 1.54) is 12.1 Å². The standard InChI is InChI=1S/C27H20FN3O3/c1-17-10-12-20(13-11-17)31-26(33)22(25(32)29-27(31)34)14-19-16-30(24-9-5-3-7-21(19)24)15-18-6-2-4-8-23(18)28/h2-14,16H,15H2,1H3,(H,29,32,34)/b22-14-. The van der Waals surface area contributed by atoms with E-state index in [4.69, 9.17) is 0 Å². The van der Waals surface area contributed by atoms with Crippen molar-refractivity contribution in [3.63, 3.8) is 0 Å². The molecule has 4 aromatic rings. The first-order chi connectivity index (χ1) is 16.4. The van der Waals surface area contributed by atoms with Gasteiger partial charge in [0, 0.05) is 28.2 Å². The average molecular weight is 453 g/mol. The van der Waals surface area contributed by atoms with Gasteiger partial charge in [0.25, 0.3) is 11.8 Å². The van der Waals surface area contributed by atoms with Gasteiger partial charge in [0.2, 0.25) is 0 Å². The number of carbonyl (C=O) groups is 3. The number of aromatic nitrogens is 1. The minimum Gasteiger partial charge on any atom is -0.342 e. The van der Waals surface area contributed by atoms with Crippen LogP contribution in [-0.4, -0.2) is 22.4 Å². The predicted molar refractivity (Wildman–Crippen MR) is 128 cm³/mol. The Morgan fingerprint density at radius 3 is 2.38 bits per heavy atom. The van der Waals surface area contributed by atoms with E-state index in [0.29, 0.717) is 16.8 Å². The molecule has 34 heavy (non-hydrogen) atoms. The van der Waals surface area contributed by atoms with Crippen molar-refractivity contribution in [2.45, 2.75) is 13.5 Å². The largest absolute Gasteiger partial charge is 0.342 e. The van der Waals surface area contributed by atoms with Crippen molar-refractivity contribution in [3.05, 3.63) is 107 Å². The summed E-state index contributed by atoms with van der Waals surface area (Å²) in [5.74, 6) is -1.78. The highest BCUT2D eigenvalue weighted by Gasteiger charge is 2.37. The first-order valence-electron chi connectivity index (χ1n) is 10.7. The number of hydrogen-bond donors (Lipinski definition) is 1. The molecule has 0 atom stereocenters. The van der Waals surface area contributed by atoms with Crippen LogP contribution in [0.15, 0.2) is 84.6 Å². The maximum Gasteiger partial charge on any atom is 0.335 e. The monoisotopic (exact) mass is 453 g/mol. The van der Waals surface area contributed by atoms with Gasteiger partial charge in [-0.3, -0.25) is 14.9 Å². The topological polar surface area (TPSA) is 71.4 Å². The molecule has 0 bridgehead atoms. The lowest BCUT2D eigenvalue weighted by Crippen LogP contribution is -2.54. The molecule has 6 nitrogen and oxygen atoms in total. The van der Waals surface area contributed by atoms with Gasteiger partial charge in [0.15, 0.2) is 0 Å². The number of amides is 4. The minimum atomic E-state index is -0.794. The molecule has 1 aliphatic heterocycles. The number of barbiturate groups is 1. The van der Waals surface area contributed by atoms with E-state index in [9.17, 15) is 18.8 Å². The summed E-state index contributed by atoms with van der Waals surface area (Å²) in [5.41, 5.74) is 3.15. The van der Waals surface area contributed by atoms with Crippen LogP contribution >= 0.6 is 0 Å². The number of anilines is 1. The molecular weight excluding hydrogens is 433 g/mol. The zero-order valence-corrected chi connectivity index (χ0v) is 18.3. The van der Waals surface area contributed by atoms with E-state index >= 15 is 0 Å². The van der Waals surface area contributed by atoms with Crippen LogP contribution in [0.5, 0.6) is 0 Å². The first kappa shape index (κ1) is 21.3. The van der Waals surface area contributed by atoms with Gasteiger partial charge in [-0.25, -0.2) is 14.1 Å². The molecule has 0 unspecified atom stereocenters. The number of fused-ring (bicyclic) bond motifs is 1. The van der Waals surface area contributed by atoms with Crippen LogP contribution in [0.1, 0.15) is 16.7 Å². The Morgan fingerprint density at radius 1 is 0.912 bits per heavy atom. The number of benzene rings is 3. The van der Waals surface area contributed by atoms with Crippen LogP contribution in [0.3, 0.4) is 0 Å². The Morgan fingerprint density at radius 2 is 1.62 bits per heavy atom. The number of aryl methyl sites for hydroxylation is 1. The smallest absolute Gasteiger partial charge is 0.335 e. The molecule has 4 amide bonds. The fraction of sp³-hybridized carbons (Fsp3) is 0.0741. The van der Waals surface area contributed by atoms with Gasteiger partial charge in [-0.1, -0.05) is 54.1 Å². The van der Waals surface area contributed by atoms with Crippen molar-refractivity contribution in [1.29, 1.82) is 0 Å². The predicted octanol–water partition coefficient (Wildman–Crippen LogP) is 4.80. The summed E-state index contributed by atoms with van der Waals surface area (Å²) in [4.78, 5) is 39.3. The third-order valence-electron chi connectivity index (χ3n) is 5.81. The Hall–Kier alpha value is -4.52. The fourth-order valence-corrected chi connectivity index (χ4v) is 4.07. The van der Waals surface area contributed by atoms with Crippen molar-refractivity contribution in [2.24, 2.45) is 0 Å². The molecule has 0 aliphatic carbocycles. The molecule has 168 valence electrons. The summed E-state index contributed by atoms with van der Waals surface area (Å²) in [6, 6.07) is 20.1. The van der Waals surface area contributed by atoms with Crippen molar-refractivity contribution < 1.29 is 18.8 Å². The summed E-state index contributed by atoms with van der Waals surface area (Å²) >= 11 is 0. The molecule has 1 saturated heterocycles. The van der Waals surface area contributed by atoms with Crippen molar-refractivity contribution in [2.75, 3.05) is 4.90 Å². The third-order valence-corrected chi connectivity index (χ3v) is 5.81. The summed E-state index contributed by atoms with van der Waals surface area (Å²) < 4.78 is 16.1. The Balaban J connectivity index is 1.57. The maximum atomic E-state index is 14.3. The van der Waals surface area contributed by atoms with E-state index in [-0.39, 0.29) is 17.9 Å². The molecule has 2 heterocycles. The van der Waals surface area contributed by atoms with Crippen LogP contribution in [0.25, 0.3) is 17.0 Å². The Labute approximate surface area is 194 Å². The van der Waals surface area contributed by atoms with Crippen LogP contribution in [-0.2, 0) is 16.1 Å². The molecule has 7 heteroatoms. The van der Waals surface area contributed by atoms with Crippen LogP contribution < -0.4 is 10.2 Å². The quantitative estimate of drug-likeness (QED) is 0.356. The highest BCUT2D eigenvalue weighted by Crippen LogP contribution is 2.27. The van der Waals surface area contributed by atoms with Gasteiger partial charge >= 0.3 is 6.03 Å². The maximum absolute atomic E-state index is 14.3. The second-order valence-corrected chi connectivity index (χ2v) is 8.11. The molecule has 1 fully saturated rings. The van der Waals surface area contributed by atoms with Crippen molar-refractivity contribution in [1.82, 2.24) is 9.88 Å². The lowest BCUT2D eigenvalue weighted by molar-refractivity contribution is -0.122. The molecule has 0 spiro atoms. The molecule has 0 radical (unpaired) electrons. The van der Waals surface area contributed by atoms with Gasteiger partial charge in [-0.2, -0.15) is 0 Å². The third kappa shape index (κ3) is 3.77. The lowest BCUT2D eigenvalue weighted by Gasteiger charge is -2.26. The number of urea groups is 1. The summed E-state index contributed by atoms with van der Waals surface area (Å²) in [7, 11) is 0. The normalized spacial score (nSPS) is 15.3. The highest BCUT2D eigenvalue weighted by atomic mass is 19.1. The van der Waals surface area contributed by atoms with Gasteiger partial charge in [-0.05, 0) is 37.3 Å². The van der Waals surface area contributed by atoms with E-state index in [0.717, 1.165) is 21.4 Å².